The maximum Gasteiger partial charge on any atom is 0.165 e. The molecule has 0 fully saturated rings. The normalized spacial score (nSPS) is 10.1. The maximum atomic E-state index is 13.3. The first-order chi connectivity index (χ1) is 7.19. The molecule has 15 heavy (non-hydrogen) atoms. The van der Waals surface area contributed by atoms with E-state index < -0.39 is 5.82 Å². The van der Waals surface area contributed by atoms with E-state index in [-0.39, 0.29) is 11.5 Å². The van der Waals surface area contributed by atoms with Gasteiger partial charge in [0.1, 0.15) is 0 Å². The predicted molar refractivity (Wildman–Crippen MR) is 60.3 cm³/mol. The number of hydrogen-bond donors (Lipinski definition) is 0. The monoisotopic (exact) mass is 274 g/mol. The predicted octanol–water partition coefficient (Wildman–Crippen LogP) is 3.19. The summed E-state index contributed by atoms with van der Waals surface area (Å²) in [5.74, 6) is -0.376. The van der Waals surface area contributed by atoms with Crippen molar-refractivity contribution in [2.75, 3.05) is 11.9 Å². The quantitative estimate of drug-likeness (QED) is 0.609. The van der Waals surface area contributed by atoms with Crippen molar-refractivity contribution >= 4 is 21.7 Å². The van der Waals surface area contributed by atoms with Crippen LogP contribution in [0.2, 0.25) is 0 Å². The molecule has 0 aromatic heterocycles. The van der Waals surface area contributed by atoms with Gasteiger partial charge in [0.05, 0.1) is 6.61 Å². The summed E-state index contributed by atoms with van der Waals surface area (Å²) in [4.78, 5) is 11.4. The fraction of sp³-hybridized carbons (Fsp3) is 0.364. The summed E-state index contributed by atoms with van der Waals surface area (Å²) < 4.78 is 18.4. The molecule has 0 N–H and O–H groups in total. The van der Waals surface area contributed by atoms with Gasteiger partial charge in [0, 0.05) is 17.3 Å². The zero-order chi connectivity index (χ0) is 11.3. The molecular weight excluding hydrogens is 263 g/mol. The van der Waals surface area contributed by atoms with Crippen molar-refractivity contribution in [1.82, 2.24) is 0 Å². The van der Waals surface area contributed by atoms with E-state index in [1.165, 1.54) is 12.1 Å². The molecule has 0 spiro atoms. The molecule has 0 aliphatic carbocycles. The fourth-order valence-electron chi connectivity index (χ4n) is 1.18. The number of benzene rings is 1. The first kappa shape index (κ1) is 12.2. The van der Waals surface area contributed by atoms with Gasteiger partial charge < -0.3 is 4.74 Å². The number of hydrogen-bond acceptors (Lipinski definition) is 2. The summed E-state index contributed by atoms with van der Waals surface area (Å²) >= 11 is 3.17. The Morgan fingerprint density at radius 3 is 2.80 bits per heavy atom. The largest absolute Gasteiger partial charge is 0.491 e. The second-order valence-electron chi connectivity index (χ2n) is 2.94. The van der Waals surface area contributed by atoms with E-state index in [4.69, 9.17) is 4.74 Å². The van der Waals surface area contributed by atoms with Crippen LogP contribution >= 0.6 is 15.9 Å². The molecule has 1 aromatic carbocycles. The van der Waals surface area contributed by atoms with Gasteiger partial charge in [-0.15, -0.1) is 0 Å². The molecule has 0 saturated heterocycles. The molecular formula is C11H12BrFO2. The lowest BCUT2D eigenvalue weighted by Gasteiger charge is -2.05. The molecule has 0 heterocycles. The van der Waals surface area contributed by atoms with Gasteiger partial charge >= 0.3 is 0 Å². The molecule has 0 atom stereocenters. The van der Waals surface area contributed by atoms with Crippen molar-refractivity contribution in [2.45, 2.75) is 13.3 Å². The minimum Gasteiger partial charge on any atom is -0.491 e. The van der Waals surface area contributed by atoms with E-state index in [0.29, 0.717) is 23.9 Å². The van der Waals surface area contributed by atoms with Gasteiger partial charge in [-0.25, -0.2) is 4.39 Å². The van der Waals surface area contributed by atoms with Gasteiger partial charge in [0.2, 0.25) is 0 Å². The molecule has 2 nitrogen and oxygen atoms in total. The van der Waals surface area contributed by atoms with E-state index in [1.807, 2.05) is 0 Å². The van der Waals surface area contributed by atoms with Crippen molar-refractivity contribution in [1.29, 1.82) is 0 Å². The molecule has 1 rings (SSSR count). The average molecular weight is 275 g/mol. The molecule has 0 aliphatic heterocycles. The highest BCUT2D eigenvalue weighted by Crippen LogP contribution is 2.19. The van der Waals surface area contributed by atoms with Crippen LogP contribution < -0.4 is 4.74 Å². The van der Waals surface area contributed by atoms with E-state index in [2.05, 4.69) is 15.9 Å². The Labute approximate surface area is 96.6 Å². The Morgan fingerprint density at radius 1 is 1.53 bits per heavy atom. The van der Waals surface area contributed by atoms with Gasteiger partial charge in [-0.3, -0.25) is 4.79 Å². The number of alkyl halides is 1. The highest BCUT2D eigenvalue weighted by atomic mass is 79.9. The third-order valence-corrected chi connectivity index (χ3v) is 2.27. The smallest absolute Gasteiger partial charge is 0.165 e. The zero-order valence-electron chi connectivity index (χ0n) is 8.43. The summed E-state index contributed by atoms with van der Waals surface area (Å²) in [5.41, 5.74) is 0.385. The maximum absolute atomic E-state index is 13.3. The first-order valence-electron chi connectivity index (χ1n) is 4.70. The second-order valence-corrected chi connectivity index (χ2v) is 3.73. The number of Topliss-reactive ketones (excluding diaryl/α,β-unsaturated/α-hetero) is 1. The number of carbonyl (C=O) groups is 1. The van der Waals surface area contributed by atoms with Gasteiger partial charge in [-0.1, -0.05) is 15.9 Å². The van der Waals surface area contributed by atoms with Crippen LogP contribution in [-0.2, 0) is 0 Å². The molecule has 0 aliphatic rings. The lowest BCUT2D eigenvalue weighted by molar-refractivity contribution is 0.0989. The van der Waals surface area contributed by atoms with Crippen LogP contribution in [0.15, 0.2) is 18.2 Å². The molecule has 4 heteroatoms. The van der Waals surface area contributed by atoms with E-state index in [1.54, 1.807) is 13.0 Å². The summed E-state index contributed by atoms with van der Waals surface area (Å²) in [7, 11) is 0. The third kappa shape index (κ3) is 3.30. The van der Waals surface area contributed by atoms with Crippen LogP contribution in [-0.4, -0.2) is 17.7 Å². The minimum atomic E-state index is -0.489. The van der Waals surface area contributed by atoms with E-state index >= 15 is 0 Å². The minimum absolute atomic E-state index is 0.0752. The Bertz CT molecular complexity index is 352. The van der Waals surface area contributed by atoms with E-state index in [9.17, 15) is 9.18 Å². The van der Waals surface area contributed by atoms with Crippen molar-refractivity contribution in [2.24, 2.45) is 0 Å². The molecule has 0 saturated carbocycles. The summed E-state index contributed by atoms with van der Waals surface area (Å²) in [5, 5.41) is 0.584. The summed E-state index contributed by atoms with van der Waals surface area (Å²) in [6.45, 7) is 2.19. The second kappa shape index (κ2) is 5.85. The SMILES string of the molecule is CCOc1ccc(C(=O)CCBr)cc1F. The average Bonchev–Trinajstić information content (AvgIpc) is 2.21. The summed E-state index contributed by atoms with van der Waals surface area (Å²) in [6, 6.07) is 4.29. The lowest BCUT2D eigenvalue weighted by atomic mass is 10.1. The van der Waals surface area contributed by atoms with Crippen molar-refractivity contribution in [3.8, 4) is 5.75 Å². The van der Waals surface area contributed by atoms with Crippen LogP contribution in [0.25, 0.3) is 0 Å². The number of carbonyl (C=O) groups excluding carboxylic acids is 1. The topological polar surface area (TPSA) is 26.3 Å². The number of halogens is 2. The number of ketones is 1. The Balaban J connectivity index is 2.86. The van der Waals surface area contributed by atoms with Crippen LogP contribution in [0.5, 0.6) is 5.75 Å². The third-order valence-electron chi connectivity index (χ3n) is 1.88. The fourth-order valence-corrected chi connectivity index (χ4v) is 1.54. The van der Waals surface area contributed by atoms with Gasteiger partial charge in [0.15, 0.2) is 17.3 Å². The molecule has 0 bridgehead atoms. The standard InChI is InChI=1S/C11H12BrFO2/c1-2-15-11-4-3-8(7-9(11)13)10(14)5-6-12/h3-4,7H,2,5-6H2,1H3. The van der Waals surface area contributed by atoms with E-state index in [0.717, 1.165) is 0 Å². The van der Waals surface area contributed by atoms with Gasteiger partial charge in [0.25, 0.3) is 0 Å². The van der Waals surface area contributed by atoms with Crippen LogP contribution in [0, 0.1) is 5.82 Å². The molecule has 1 aromatic rings. The van der Waals surface area contributed by atoms with Crippen LogP contribution in [0.1, 0.15) is 23.7 Å². The van der Waals surface area contributed by atoms with Crippen molar-refractivity contribution in [3.63, 3.8) is 0 Å². The lowest BCUT2D eigenvalue weighted by Crippen LogP contribution is -2.01. The Kier molecular flexibility index (Phi) is 4.75. The number of rotatable bonds is 5. The van der Waals surface area contributed by atoms with Crippen molar-refractivity contribution < 1.29 is 13.9 Å². The highest BCUT2D eigenvalue weighted by molar-refractivity contribution is 9.09. The Morgan fingerprint density at radius 2 is 2.27 bits per heavy atom. The molecule has 0 amide bonds. The van der Waals surface area contributed by atoms with Gasteiger partial charge in [-0.2, -0.15) is 0 Å². The molecule has 0 radical (unpaired) electrons. The highest BCUT2D eigenvalue weighted by Gasteiger charge is 2.09. The van der Waals surface area contributed by atoms with Crippen molar-refractivity contribution in [3.05, 3.63) is 29.6 Å². The summed E-state index contributed by atoms with van der Waals surface area (Å²) in [6.07, 6.45) is 0.368. The molecule has 82 valence electrons. The first-order valence-corrected chi connectivity index (χ1v) is 5.82. The van der Waals surface area contributed by atoms with Crippen LogP contribution in [0.3, 0.4) is 0 Å². The van der Waals surface area contributed by atoms with Gasteiger partial charge in [-0.05, 0) is 25.1 Å². The Hall–Kier alpha value is -0.900. The number of ether oxygens (including phenoxy) is 1. The molecule has 0 unspecified atom stereocenters. The van der Waals surface area contributed by atoms with Crippen LogP contribution in [0.4, 0.5) is 4.39 Å². The zero-order valence-corrected chi connectivity index (χ0v) is 10.0.